The number of pyridine rings is 1. The standard InChI is InChI=1S/C12H12N4O3/c1-8(12(18)19)16-7-9(6-14-16)11(17)15-10-2-4-13-5-3-10/h2-8H,1H3,(H,18,19)(H,13,15,17). The quantitative estimate of drug-likeness (QED) is 0.860. The summed E-state index contributed by atoms with van der Waals surface area (Å²) in [6.45, 7) is 1.49. The van der Waals surface area contributed by atoms with E-state index in [0.29, 0.717) is 11.3 Å². The molecule has 0 aliphatic carbocycles. The maximum atomic E-state index is 11.9. The van der Waals surface area contributed by atoms with Gasteiger partial charge in [-0.25, -0.2) is 4.79 Å². The number of amides is 1. The average molecular weight is 260 g/mol. The Labute approximate surface area is 108 Å². The average Bonchev–Trinajstić information content (AvgIpc) is 2.88. The number of nitrogens with one attached hydrogen (secondary N) is 1. The van der Waals surface area contributed by atoms with Crippen LogP contribution in [0.2, 0.25) is 0 Å². The maximum Gasteiger partial charge on any atom is 0.328 e. The van der Waals surface area contributed by atoms with Crippen molar-refractivity contribution in [2.75, 3.05) is 5.32 Å². The van der Waals surface area contributed by atoms with Crippen molar-refractivity contribution in [3.8, 4) is 0 Å². The number of aliphatic carboxylic acids is 1. The van der Waals surface area contributed by atoms with E-state index in [0.717, 1.165) is 0 Å². The molecule has 98 valence electrons. The van der Waals surface area contributed by atoms with Crippen molar-refractivity contribution in [3.05, 3.63) is 42.5 Å². The summed E-state index contributed by atoms with van der Waals surface area (Å²) in [5.74, 6) is -1.36. The third-order valence-electron chi connectivity index (χ3n) is 2.56. The summed E-state index contributed by atoms with van der Waals surface area (Å²) in [6.07, 6.45) is 5.85. The van der Waals surface area contributed by atoms with Crippen molar-refractivity contribution in [3.63, 3.8) is 0 Å². The van der Waals surface area contributed by atoms with E-state index in [2.05, 4.69) is 15.4 Å². The molecule has 2 heterocycles. The molecule has 0 saturated carbocycles. The van der Waals surface area contributed by atoms with Crippen LogP contribution in [0.5, 0.6) is 0 Å². The molecule has 19 heavy (non-hydrogen) atoms. The SMILES string of the molecule is CC(C(=O)O)n1cc(C(=O)Nc2ccncc2)cn1. The predicted octanol–water partition coefficient (Wildman–Crippen LogP) is 1.18. The molecule has 2 aromatic heterocycles. The maximum absolute atomic E-state index is 11.9. The van der Waals surface area contributed by atoms with E-state index >= 15 is 0 Å². The number of hydrogen-bond acceptors (Lipinski definition) is 4. The highest BCUT2D eigenvalue weighted by Gasteiger charge is 2.16. The van der Waals surface area contributed by atoms with Crippen LogP contribution in [-0.2, 0) is 4.79 Å². The summed E-state index contributed by atoms with van der Waals surface area (Å²) in [7, 11) is 0. The molecule has 1 atom stereocenters. The molecule has 2 rings (SSSR count). The number of carboxylic acid groups (broad SMARTS) is 1. The Hall–Kier alpha value is -2.70. The second-order valence-corrected chi connectivity index (χ2v) is 3.91. The molecule has 0 fully saturated rings. The molecule has 0 saturated heterocycles. The van der Waals surface area contributed by atoms with Crippen LogP contribution < -0.4 is 5.32 Å². The fourth-order valence-electron chi connectivity index (χ4n) is 1.42. The zero-order valence-electron chi connectivity index (χ0n) is 10.1. The van der Waals surface area contributed by atoms with Gasteiger partial charge in [-0.2, -0.15) is 5.10 Å². The van der Waals surface area contributed by atoms with E-state index in [1.54, 1.807) is 24.5 Å². The van der Waals surface area contributed by atoms with Crippen LogP contribution in [0.25, 0.3) is 0 Å². The first-order valence-corrected chi connectivity index (χ1v) is 5.56. The van der Waals surface area contributed by atoms with Gasteiger partial charge in [-0.05, 0) is 19.1 Å². The Bertz CT molecular complexity index is 594. The van der Waals surface area contributed by atoms with Gasteiger partial charge < -0.3 is 10.4 Å². The molecule has 0 spiro atoms. The molecule has 7 heteroatoms. The largest absolute Gasteiger partial charge is 0.480 e. The van der Waals surface area contributed by atoms with E-state index in [-0.39, 0.29) is 5.91 Å². The van der Waals surface area contributed by atoms with Crippen molar-refractivity contribution in [1.82, 2.24) is 14.8 Å². The van der Waals surface area contributed by atoms with Crippen LogP contribution in [0.4, 0.5) is 5.69 Å². The van der Waals surface area contributed by atoms with Crippen LogP contribution in [0, 0.1) is 0 Å². The highest BCUT2D eigenvalue weighted by Crippen LogP contribution is 2.10. The number of rotatable bonds is 4. The lowest BCUT2D eigenvalue weighted by Gasteiger charge is -2.05. The Kier molecular flexibility index (Phi) is 3.56. The van der Waals surface area contributed by atoms with Gasteiger partial charge in [-0.15, -0.1) is 0 Å². The molecule has 1 unspecified atom stereocenters. The van der Waals surface area contributed by atoms with Crippen LogP contribution in [0.1, 0.15) is 23.3 Å². The Balaban J connectivity index is 2.10. The van der Waals surface area contributed by atoms with Crippen LogP contribution >= 0.6 is 0 Å². The monoisotopic (exact) mass is 260 g/mol. The van der Waals surface area contributed by atoms with E-state index in [4.69, 9.17) is 5.11 Å². The first kappa shape index (κ1) is 12.7. The highest BCUT2D eigenvalue weighted by molar-refractivity contribution is 6.03. The van der Waals surface area contributed by atoms with Gasteiger partial charge in [0.2, 0.25) is 0 Å². The van der Waals surface area contributed by atoms with Gasteiger partial charge in [0.25, 0.3) is 5.91 Å². The molecule has 0 aliphatic heterocycles. The van der Waals surface area contributed by atoms with Crippen molar-refractivity contribution >= 4 is 17.6 Å². The van der Waals surface area contributed by atoms with Crippen molar-refractivity contribution in [2.45, 2.75) is 13.0 Å². The molecular weight excluding hydrogens is 248 g/mol. The Morgan fingerprint density at radius 1 is 1.37 bits per heavy atom. The summed E-state index contributed by atoms with van der Waals surface area (Å²) >= 11 is 0. The van der Waals surface area contributed by atoms with Crippen molar-refractivity contribution in [1.29, 1.82) is 0 Å². The first-order valence-electron chi connectivity index (χ1n) is 5.56. The predicted molar refractivity (Wildman–Crippen MR) is 66.8 cm³/mol. The third-order valence-corrected chi connectivity index (χ3v) is 2.56. The molecule has 7 nitrogen and oxygen atoms in total. The number of aromatic nitrogens is 3. The zero-order chi connectivity index (χ0) is 13.8. The lowest BCUT2D eigenvalue weighted by Crippen LogP contribution is -2.16. The number of nitrogens with zero attached hydrogens (tertiary/aromatic N) is 3. The summed E-state index contributed by atoms with van der Waals surface area (Å²) < 4.78 is 1.23. The number of hydrogen-bond donors (Lipinski definition) is 2. The molecular formula is C12H12N4O3. The van der Waals surface area contributed by atoms with Gasteiger partial charge in [0.1, 0.15) is 6.04 Å². The topological polar surface area (TPSA) is 97.1 Å². The Morgan fingerprint density at radius 3 is 2.68 bits per heavy atom. The highest BCUT2D eigenvalue weighted by atomic mass is 16.4. The van der Waals surface area contributed by atoms with Gasteiger partial charge in [0.05, 0.1) is 11.8 Å². The smallest absolute Gasteiger partial charge is 0.328 e. The van der Waals surface area contributed by atoms with Crippen LogP contribution in [-0.4, -0.2) is 31.7 Å². The summed E-state index contributed by atoms with van der Waals surface area (Å²) in [4.78, 5) is 26.5. The van der Waals surface area contributed by atoms with E-state index in [1.165, 1.54) is 24.0 Å². The third kappa shape index (κ3) is 2.95. The number of carbonyl (C=O) groups is 2. The second kappa shape index (κ2) is 5.30. The summed E-state index contributed by atoms with van der Waals surface area (Å²) in [6, 6.07) is 2.49. The minimum Gasteiger partial charge on any atom is -0.480 e. The molecule has 0 bridgehead atoms. The van der Waals surface area contributed by atoms with Crippen LogP contribution in [0.3, 0.4) is 0 Å². The molecule has 2 N–H and O–H groups in total. The fourth-order valence-corrected chi connectivity index (χ4v) is 1.42. The van der Waals surface area contributed by atoms with Crippen molar-refractivity contribution in [2.24, 2.45) is 0 Å². The Morgan fingerprint density at radius 2 is 2.05 bits per heavy atom. The molecule has 1 amide bonds. The molecule has 0 aliphatic rings. The van der Waals surface area contributed by atoms with E-state index in [9.17, 15) is 9.59 Å². The first-order chi connectivity index (χ1) is 9.08. The number of carbonyl (C=O) groups excluding carboxylic acids is 1. The molecule has 0 radical (unpaired) electrons. The number of anilines is 1. The van der Waals surface area contributed by atoms with Gasteiger partial charge in [-0.3, -0.25) is 14.5 Å². The second-order valence-electron chi connectivity index (χ2n) is 3.91. The van der Waals surface area contributed by atoms with Gasteiger partial charge in [0.15, 0.2) is 0 Å². The van der Waals surface area contributed by atoms with Crippen LogP contribution in [0.15, 0.2) is 36.9 Å². The van der Waals surface area contributed by atoms with E-state index < -0.39 is 12.0 Å². The van der Waals surface area contributed by atoms with Gasteiger partial charge >= 0.3 is 5.97 Å². The minimum absolute atomic E-state index is 0.296. The summed E-state index contributed by atoms with van der Waals surface area (Å²) in [5.41, 5.74) is 0.906. The van der Waals surface area contributed by atoms with Gasteiger partial charge in [0, 0.05) is 24.3 Å². The van der Waals surface area contributed by atoms with Crippen molar-refractivity contribution < 1.29 is 14.7 Å². The zero-order valence-corrected chi connectivity index (χ0v) is 10.1. The number of carboxylic acids is 1. The minimum atomic E-state index is -1.01. The lowest BCUT2D eigenvalue weighted by atomic mass is 10.3. The van der Waals surface area contributed by atoms with E-state index in [1.807, 2.05) is 0 Å². The van der Waals surface area contributed by atoms with Gasteiger partial charge in [-0.1, -0.05) is 0 Å². The molecule has 2 aromatic rings. The normalized spacial score (nSPS) is 11.8. The molecule has 0 aromatic carbocycles. The summed E-state index contributed by atoms with van der Waals surface area (Å²) in [5, 5.41) is 15.4. The lowest BCUT2D eigenvalue weighted by molar-refractivity contribution is -0.140. The fraction of sp³-hybridized carbons (Fsp3) is 0.167.